The van der Waals surface area contributed by atoms with Gasteiger partial charge in [-0.1, -0.05) is 24.0 Å². The van der Waals surface area contributed by atoms with Gasteiger partial charge < -0.3 is 16.2 Å². The number of nitrogens with two attached hydrogens (primary N) is 1. The van der Waals surface area contributed by atoms with E-state index in [4.69, 9.17) is 5.73 Å². The maximum Gasteiger partial charge on any atom is 0.267 e. The zero-order chi connectivity index (χ0) is 19.0. The van der Waals surface area contributed by atoms with E-state index in [-0.39, 0.29) is 12.1 Å². The van der Waals surface area contributed by atoms with Crippen LogP contribution in [0.2, 0.25) is 0 Å². The van der Waals surface area contributed by atoms with Crippen LogP contribution in [-0.2, 0) is 17.6 Å². The van der Waals surface area contributed by atoms with Crippen molar-refractivity contribution < 1.29 is 14.7 Å². The quantitative estimate of drug-likeness (QED) is 0.666. The van der Waals surface area contributed by atoms with Crippen LogP contribution in [0.3, 0.4) is 0 Å². The Morgan fingerprint density at radius 3 is 2.89 bits per heavy atom. The van der Waals surface area contributed by atoms with Gasteiger partial charge in [0.25, 0.3) is 11.8 Å². The maximum absolute atomic E-state index is 11.8. The number of carbonyl (C=O) groups excluding carboxylic acids is 2. The normalized spacial score (nSPS) is 20.6. The number of hydrogen-bond acceptors (Lipinski definition) is 5. The molecule has 0 radical (unpaired) electrons. The second-order valence-electron chi connectivity index (χ2n) is 6.74. The van der Waals surface area contributed by atoms with Gasteiger partial charge in [0, 0.05) is 35.3 Å². The Morgan fingerprint density at radius 2 is 2.15 bits per heavy atom. The molecule has 7 nitrogen and oxygen atoms in total. The average molecular weight is 362 g/mol. The van der Waals surface area contributed by atoms with Gasteiger partial charge in [-0.15, -0.1) is 0 Å². The molecule has 2 aliphatic rings. The van der Waals surface area contributed by atoms with E-state index in [0.29, 0.717) is 23.5 Å². The number of nitrogens with zero attached hydrogens (tertiary/aromatic N) is 2. The lowest BCUT2D eigenvalue weighted by atomic mass is 10.0. The van der Waals surface area contributed by atoms with Crippen LogP contribution >= 0.6 is 0 Å². The summed E-state index contributed by atoms with van der Waals surface area (Å²) in [6.07, 6.45) is 2.75. The number of aromatic nitrogens is 2. The Morgan fingerprint density at radius 1 is 1.30 bits per heavy atom. The van der Waals surface area contributed by atoms with Crippen LogP contribution < -0.4 is 11.1 Å². The molecule has 4 rings (SSSR count). The minimum absolute atomic E-state index is 0.258. The third-order valence-corrected chi connectivity index (χ3v) is 4.85. The summed E-state index contributed by atoms with van der Waals surface area (Å²) in [5, 5.41) is 12.8. The summed E-state index contributed by atoms with van der Waals surface area (Å²) in [6, 6.07) is 7.15. The van der Waals surface area contributed by atoms with Crippen LogP contribution in [-0.4, -0.2) is 39.0 Å². The van der Waals surface area contributed by atoms with Crippen molar-refractivity contribution in [2.75, 3.05) is 6.54 Å². The van der Waals surface area contributed by atoms with Gasteiger partial charge in [0.05, 0.1) is 0 Å². The molecule has 2 amide bonds. The topological polar surface area (TPSA) is 118 Å². The molecule has 1 aliphatic heterocycles. The number of fused-ring (bicyclic) bond motifs is 1. The Balaban J connectivity index is 1.71. The molecule has 1 aliphatic carbocycles. The van der Waals surface area contributed by atoms with Crippen LogP contribution in [0.5, 0.6) is 0 Å². The molecular weight excluding hydrogens is 344 g/mol. The highest BCUT2D eigenvalue weighted by Gasteiger charge is 2.38. The summed E-state index contributed by atoms with van der Waals surface area (Å²) in [4.78, 5) is 32.4. The number of aliphatic hydroxyl groups is 1. The molecule has 0 unspecified atom stereocenters. The number of benzene rings is 1. The van der Waals surface area contributed by atoms with Crippen molar-refractivity contribution in [3.05, 3.63) is 46.8 Å². The smallest absolute Gasteiger partial charge is 0.267 e. The summed E-state index contributed by atoms with van der Waals surface area (Å²) in [5.74, 6) is 4.90. The summed E-state index contributed by atoms with van der Waals surface area (Å²) in [5.41, 5.74) is 7.14. The summed E-state index contributed by atoms with van der Waals surface area (Å²) in [6.45, 7) is 0.406. The van der Waals surface area contributed by atoms with Gasteiger partial charge >= 0.3 is 0 Å². The molecule has 0 saturated carbocycles. The minimum atomic E-state index is -1.65. The van der Waals surface area contributed by atoms with E-state index in [0.717, 1.165) is 30.5 Å². The van der Waals surface area contributed by atoms with Gasteiger partial charge in [-0.3, -0.25) is 9.59 Å². The average Bonchev–Trinajstić information content (AvgIpc) is 3.26. The predicted octanol–water partition coefficient (Wildman–Crippen LogP) is 0.334. The van der Waals surface area contributed by atoms with Gasteiger partial charge in [-0.2, -0.15) is 0 Å². The zero-order valence-electron chi connectivity index (χ0n) is 14.6. The highest BCUT2D eigenvalue weighted by atomic mass is 16.3. The van der Waals surface area contributed by atoms with Crippen molar-refractivity contribution in [1.29, 1.82) is 0 Å². The van der Waals surface area contributed by atoms with Crippen LogP contribution in [0, 0.1) is 11.8 Å². The van der Waals surface area contributed by atoms with E-state index in [1.54, 1.807) is 18.2 Å². The highest BCUT2D eigenvalue weighted by Crippen LogP contribution is 2.26. The fraction of sp³-hybridized carbons (Fsp3) is 0.300. The van der Waals surface area contributed by atoms with Crippen LogP contribution in [0.15, 0.2) is 24.3 Å². The number of hydrogen-bond donors (Lipinski definition) is 3. The Kier molecular flexibility index (Phi) is 4.13. The zero-order valence-corrected chi connectivity index (χ0v) is 14.6. The first-order valence-electron chi connectivity index (χ1n) is 8.80. The number of aryl methyl sites for hydroxylation is 1. The minimum Gasteiger partial charge on any atom is -0.369 e. The number of primary amides is 1. The Bertz CT molecular complexity index is 1020. The third kappa shape index (κ3) is 3.15. The van der Waals surface area contributed by atoms with Gasteiger partial charge in [-0.05, 0) is 31.4 Å². The standard InChI is InChI=1S/C20H18N4O3/c21-17(25)16-14-5-2-6-15(14)23-18(24-16)13-4-1-3-12(11-13)7-8-20(27)9-10-22-19(20)26/h1,3-4,11,27H,2,5-6,9-10H2,(H2,21,25)(H,22,26)/t20-/m0/s1. The van der Waals surface area contributed by atoms with E-state index in [1.807, 2.05) is 6.07 Å². The van der Waals surface area contributed by atoms with E-state index in [9.17, 15) is 14.7 Å². The first kappa shape index (κ1) is 17.2. The third-order valence-electron chi connectivity index (χ3n) is 4.85. The van der Waals surface area contributed by atoms with Gasteiger partial charge in [0.1, 0.15) is 5.69 Å². The second kappa shape index (κ2) is 6.49. The molecule has 27 heavy (non-hydrogen) atoms. The lowest BCUT2D eigenvalue weighted by Crippen LogP contribution is -2.36. The first-order valence-corrected chi connectivity index (χ1v) is 8.80. The Labute approximate surface area is 156 Å². The van der Waals surface area contributed by atoms with E-state index < -0.39 is 17.4 Å². The second-order valence-corrected chi connectivity index (χ2v) is 6.74. The Hall–Kier alpha value is -3.24. The molecule has 0 bridgehead atoms. The number of amides is 2. The SMILES string of the molecule is NC(=O)c1nc(-c2cccc(C#C[C@]3(O)CCNC3=O)c2)nc2c1CCC2. The lowest BCUT2D eigenvalue weighted by molar-refractivity contribution is -0.130. The molecule has 136 valence electrons. The summed E-state index contributed by atoms with van der Waals surface area (Å²) < 4.78 is 0. The maximum atomic E-state index is 11.8. The molecule has 7 heteroatoms. The van der Waals surface area contributed by atoms with Gasteiger partial charge in [-0.25, -0.2) is 9.97 Å². The first-order chi connectivity index (χ1) is 13.0. The van der Waals surface area contributed by atoms with Crippen molar-refractivity contribution in [3.63, 3.8) is 0 Å². The molecule has 0 spiro atoms. The molecule has 1 saturated heterocycles. The molecule has 1 fully saturated rings. The summed E-state index contributed by atoms with van der Waals surface area (Å²) in [7, 11) is 0. The molecular formula is C20H18N4O3. The molecule has 1 aromatic heterocycles. The van der Waals surface area contributed by atoms with E-state index in [2.05, 4.69) is 27.1 Å². The largest absolute Gasteiger partial charge is 0.369 e. The monoisotopic (exact) mass is 362 g/mol. The predicted molar refractivity (Wildman–Crippen MR) is 97.5 cm³/mol. The van der Waals surface area contributed by atoms with Crippen molar-refractivity contribution >= 4 is 11.8 Å². The summed E-state index contributed by atoms with van der Waals surface area (Å²) >= 11 is 0. The van der Waals surface area contributed by atoms with Crippen LogP contribution in [0.1, 0.15) is 40.2 Å². The van der Waals surface area contributed by atoms with Crippen molar-refractivity contribution in [1.82, 2.24) is 15.3 Å². The highest BCUT2D eigenvalue weighted by molar-refractivity contribution is 5.93. The lowest BCUT2D eigenvalue weighted by Gasteiger charge is -2.10. The van der Waals surface area contributed by atoms with E-state index >= 15 is 0 Å². The number of rotatable bonds is 2. The van der Waals surface area contributed by atoms with Crippen molar-refractivity contribution in [3.8, 4) is 23.2 Å². The molecule has 2 heterocycles. The molecule has 1 aromatic carbocycles. The van der Waals surface area contributed by atoms with Gasteiger partial charge in [0.15, 0.2) is 5.82 Å². The van der Waals surface area contributed by atoms with Gasteiger partial charge in [0.2, 0.25) is 5.60 Å². The van der Waals surface area contributed by atoms with Crippen LogP contribution in [0.25, 0.3) is 11.4 Å². The number of carbonyl (C=O) groups is 2. The molecule has 2 aromatic rings. The van der Waals surface area contributed by atoms with E-state index in [1.165, 1.54) is 0 Å². The fourth-order valence-corrected chi connectivity index (χ4v) is 3.41. The van der Waals surface area contributed by atoms with Crippen molar-refractivity contribution in [2.45, 2.75) is 31.3 Å². The number of nitrogens with one attached hydrogen (secondary N) is 1. The molecule has 4 N–H and O–H groups in total. The van der Waals surface area contributed by atoms with Crippen LogP contribution in [0.4, 0.5) is 0 Å². The van der Waals surface area contributed by atoms with Crippen molar-refractivity contribution in [2.24, 2.45) is 5.73 Å². The fourth-order valence-electron chi connectivity index (χ4n) is 3.41. The molecule has 1 atom stereocenters.